The maximum atomic E-state index is 8.92. The lowest BCUT2D eigenvalue weighted by Gasteiger charge is -2.02. The summed E-state index contributed by atoms with van der Waals surface area (Å²) in [7, 11) is -1.35. The van der Waals surface area contributed by atoms with Crippen molar-refractivity contribution in [3.63, 3.8) is 0 Å². The van der Waals surface area contributed by atoms with Crippen molar-refractivity contribution >= 4 is 7.12 Å². The van der Waals surface area contributed by atoms with Crippen molar-refractivity contribution in [3.05, 3.63) is 23.7 Å². The van der Waals surface area contributed by atoms with Crippen molar-refractivity contribution in [1.29, 1.82) is 0 Å². The molecule has 0 saturated carbocycles. The van der Waals surface area contributed by atoms with Gasteiger partial charge in [-0.2, -0.15) is 0 Å². The van der Waals surface area contributed by atoms with Gasteiger partial charge < -0.3 is 10.0 Å². The smallest absolute Gasteiger partial charge is 0.423 e. The van der Waals surface area contributed by atoms with E-state index >= 15 is 0 Å². The lowest BCUT2D eigenvalue weighted by Crippen LogP contribution is -2.14. The first-order valence-corrected chi connectivity index (χ1v) is 4.32. The van der Waals surface area contributed by atoms with Gasteiger partial charge in [-0.15, -0.1) is 0 Å². The van der Waals surface area contributed by atoms with E-state index in [1.165, 1.54) is 0 Å². The van der Waals surface area contributed by atoms with Gasteiger partial charge in [-0.25, -0.2) is 0 Å². The summed E-state index contributed by atoms with van der Waals surface area (Å²) in [5.74, 6) is 0.336. The summed E-state index contributed by atoms with van der Waals surface area (Å²) in [5, 5.41) is 17.8. The molecule has 0 aromatic carbocycles. The van der Waals surface area contributed by atoms with E-state index in [9.17, 15) is 0 Å². The molecule has 0 bridgehead atoms. The summed E-state index contributed by atoms with van der Waals surface area (Å²) in [4.78, 5) is 0. The molecule has 0 unspecified atom stereocenters. The molecule has 0 aromatic rings. The first-order chi connectivity index (χ1) is 5.57. The van der Waals surface area contributed by atoms with Crippen molar-refractivity contribution < 1.29 is 10.0 Å². The molecule has 0 spiro atoms. The molecule has 0 heterocycles. The zero-order valence-electron chi connectivity index (χ0n) is 7.99. The van der Waals surface area contributed by atoms with Crippen molar-refractivity contribution in [2.24, 2.45) is 5.92 Å². The Bertz CT molecular complexity index is 171. The van der Waals surface area contributed by atoms with Crippen LogP contribution in [0.4, 0.5) is 0 Å². The minimum Gasteiger partial charge on any atom is -0.423 e. The van der Waals surface area contributed by atoms with Gasteiger partial charge in [-0.3, -0.25) is 0 Å². The van der Waals surface area contributed by atoms with E-state index < -0.39 is 7.12 Å². The Morgan fingerprint density at radius 1 is 1.42 bits per heavy atom. The number of hydrogen-bond donors (Lipinski definition) is 2. The van der Waals surface area contributed by atoms with Crippen molar-refractivity contribution in [2.75, 3.05) is 0 Å². The van der Waals surface area contributed by atoms with E-state index in [4.69, 9.17) is 10.0 Å². The van der Waals surface area contributed by atoms with Crippen LogP contribution in [-0.2, 0) is 0 Å². The standard InChI is InChI=1S/C9H17BO2/c1-4-5-6-9(10(11)12)7-8(2)3/h5-8,11-12H,4H2,1-3H3. The summed E-state index contributed by atoms with van der Waals surface area (Å²) in [6.07, 6.45) is 6.41. The summed E-state index contributed by atoms with van der Waals surface area (Å²) in [5.41, 5.74) is 0.576. The first kappa shape index (κ1) is 11.5. The number of rotatable bonds is 4. The Labute approximate surface area is 74.8 Å². The van der Waals surface area contributed by atoms with Crippen LogP contribution >= 0.6 is 0 Å². The second kappa shape index (κ2) is 6.03. The van der Waals surface area contributed by atoms with E-state index in [2.05, 4.69) is 0 Å². The van der Waals surface area contributed by atoms with Crippen LogP contribution in [0.5, 0.6) is 0 Å². The summed E-state index contributed by atoms with van der Waals surface area (Å²) < 4.78 is 0. The fourth-order valence-electron chi connectivity index (χ4n) is 0.867. The molecule has 0 rings (SSSR count). The van der Waals surface area contributed by atoms with Gasteiger partial charge in [-0.05, 0) is 17.8 Å². The fourth-order valence-corrected chi connectivity index (χ4v) is 0.867. The van der Waals surface area contributed by atoms with Gasteiger partial charge in [-0.1, -0.05) is 39.0 Å². The van der Waals surface area contributed by atoms with Gasteiger partial charge in [0.05, 0.1) is 0 Å². The second-order valence-corrected chi connectivity index (χ2v) is 3.09. The molecule has 0 fully saturated rings. The zero-order chi connectivity index (χ0) is 9.56. The average Bonchev–Trinajstić information content (AvgIpc) is 1.96. The van der Waals surface area contributed by atoms with Crippen LogP contribution in [0.25, 0.3) is 0 Å². The molecular weight excluding hydrogens is 151 g/mol. The lowest BCUT2D eigenvalue weighted by molar-refractivity contribution is 0.420. The first-order valence-electron chi connectivity index (χ1n) is 4.32. The molecular formula is C9H17BO2. The van der Waals surface area contributed by atoms with E-state index in [0.29, 0.717) is 11.4 Å². The largest absolute Gasteiger partial charge is 0.488 e. The summed E-state index contributed by atoms with van der Waals surface area (Å²) >= 11 is 0. The minimum atomic E-state index is -1.35. The third-order valence-electron chi connectivity index (χ3n) is 1.37. The molecule has 2 nitrogen and oxygen atoms in total. The van der Waals surface area contributed by atoms with Gasteiger partial charge in [0, 0.05) is 0 Å². The highest BCUT2D eigenvalue weighted by Crippen LogP contribution is 2.05. The van der Waals surface area contributed by atoms with Gasteiger partial charge in [0.15, 0.2) is 0 Å². The van der Waals surface area contributed by atoms with E-state index in [1.807, 2.05) is 32.9 Å². The highest BCUT2D eigenvalue weighted by atomic mass is 16.4. The molecule has 3 heteroatoms. The quantitative estimate of drug-likeness (QED) is 0.493. The Morgan fingerprint density at radius 3 is 2.33 bits per heavy atom. The van der Waals surface area contributed by atoms with Gasteiger partial charge in [0.2, 0.25) is 0 Å². The molecule has 0 aromatic heterocycles. The SMILES string of the molecule is CCC=CC(=CC(C)C)B(O)O. The molecule has 0 radical (unpaired) electrons. The summed E-state index contributed by atoms with van der Waals surface area (Å²) in [6, 6.07) is 0. The Morgan fingerprint density at radius 2 is 2.00 bits per heavy atom. The normalized spacial score (nSPS) is 13.0. The fraction of sp³-hybridized carbons (Fsp3) is 0.556. The van der Waals surface area contributed by atoms with E-state index in [-0.39, 0.29) is 0 Å². The molecule has 0 aliphatic rings. The minimum absolute atomic E-state index is 0.336. The van der Waals surface area contributed by atoms with Crippen molar-refractivity contribution in [2.45, 2.75) is 27.2 Å². The second-order valence-electron chi connectivity index (χ2n) is 3.09. The van der Waals surface area contributed by atoms with Crippen LogP contribution < -0.4 is 0 Å². The van der Waals surface area contributed by atoms with Crippen LogP contribution in [0.3, 0.4) is 0 Å². The maximum absolute atomic E-state index is 8.92. The highest BCUT2D eigenvalue weighted by Gasteiger charge is 2.11. The Hall–Kier alpha value is -0.535. The molecule has 68 valence electrons. The molecule has 0 amide bonds. The van der Waals surface area contributed by atoms with Crippen LogP contribution in [0.1, 0.15) is 27.2 Å². The number of allylic oxidation sites excluding steroid dienone is 4. The Balaban J connectivity index is 4.33. The molecule has 0 aliphatic heterocycles. The van der Waals surface area contributed by atoms with E-state index in [0.717, 1.165) is 6.42 Å². The Kier molecular flexibility index (Phi) is 5.76. The summed E-state index contributed by atoms with van der Waals surface area (Å²) in [6.45, 7) is 6.01. The van der Waals surface area contributed by atoms with Gasteiger partial charge >= 0.3 is 7.12 Å². The van der Waals surface area contributed by atoms with Crippen LogP contribution in [0, 0.1) is 5.92 Å². The monoisotopic (exact) mass is 168 g/mol. The van der Waals surface area contributed by atoms with Crippen LogP contribution in [-0.4, -0.2) is 17.2 Å². The third kappa shape index (κ3) is 5.16. The zero-order valence-corrected chi connectivity index (χ0v) is 7.99. The topological polar surface area (TPSA) is 40.5 Å². The average molecular weight is 168 g/mol. The predicted molar refractivity (Wildman–Crippen MR) is 52.5 cm³/mol. The lowest BCUT2D eigenvalue weighted by atomic mass is 9.77. The van der Waals surface area contributed by atoms with Crippen LogP contribution in [0.2, 0.25) is 0 Å². The third-order valence-corrected chi connectivity index (χ3v) is 1.37. The highest BCUT2D eigenvalue weighted by molar-refractivity contribution is 6.51. The van der Waals surface area contributed by atoms with Gasteiger partial charge in [0.1, 0.15) is 0 Å². The van der Waals surface area contributed by atoms with E-state index in [1.54, 1.807) is 6.08 Å². The molecule has 0 saturated heterocycles. The van der Waals surface area contributed by atoms with Crippen molar-refractivity contribution in [3.8, 4) is 0 Å². The van der Waals surface area contributed by atoms with Crippen molar-refractivity contribution in [1.82, 2.24) is 0 Å². The number of hydrogen-bond acceptors (Lipinski definition) is 2. The molecule has 0 atom stereocenters. The molecule has 2 N–H and O–H groups in total. The predicted octanol–water partition coefficient (Wildman–Crippen LogP) is 1.55. The molecule has 0 aliphatic carbocycles. The van der Waals surface area contributed by atoms with Crippen LogP contribution in [0.15, 0.2) is 23.7 Å². The molecule has 12 heavy (non-hydrogen) atoms. The van der Waals surface area contributed by atoms with Gasteiger partial charge in [0.25, 0.3) is 0 Å². The maximum Gasteiger partial charge on any atom is 0.488 e.